The summed E-state index contributed by atoms with van der Waals surface area (Å²) in [5.41, 5.74) is 4.83. The van der Waals surface area contributed by atoms with Crippen LogP contribution in [0.5, 0.6) is 0 Å². The Morgan fingerprint density at radius 3 is 1.26 bits per heavy atom. The van der Waals surface area contributed by atoms with Crippen LogP contribution in [-0.2, 0) is 19.8 Å². The molecule has 0 aliphatic heterocycles. The molecule has 0 fully saturated rings. The van der Waals surface area contributed by atoms with Crippen molar-refractivity contribution in [3.05, 3.63) is 71.8 Å². The van der Waals surface area contributed by atoms with Crippen molar-refractivity contribution in [2.45, 2.75) is 76.5 Å². The molecule has 192 valence electrons. The van der Waals surface area contributed by atoms with Gasteiger partial charge in [-0.15, -0.1) is 0 Å². The molecule has 0 heterocycles. The van der Waals surface area contributed by atoms with Crippen molar-refractivity contribution in [3.8, 4) is 0 Å². The first-order valence-corrected chi connectivity index (χ1v) is 12.2. The Hall–Kier alpha value is -3.23. The second-order valence-corrected chi connectivity index (χ2v) is 8.63. The molecule has 2 aromatic carbocycles. The third kappa shape index (κ3) is 11.2. The number of unbranched alkanes of at least 4 members (excludes halogenated alkanes) is 7. The fourth-order valence-electron chi connectivity index (χ4n) is 3.73. The third-order valence-electron chi connectivity index (χ3n) is 6.01. The lowest BCUT2D eigenvalue weighted by molar-refractivity contribution is -0.141. The van der Waals surface area contributed by atoms with Crippen molar-refractivity contribution in [2.24, 2.45) is 11.7 Å². The predicted octanol–water partition coefficient (Wildman–Crippen LogP) is 3.94. The van der Waals surface area contributed by atoms with E-state index in [-0.39, 0.29) is 11.8 Å². The van der Waals surface area contributed by atoms with Gasteiger partial charge in [-0.25, -0.2) is 11.7 Å². The Bertz CT molecular complexity index is 812. The molecule has 2 rings (SSSR count). The maximum Gasteiger partial charge on any atom is 0.318 e. The van der Waals surface area contributed by atoms with Crippen molar-refractivity contribution in [3.63, 3.8) is 0 Å². The normalized spacial score (nSPS) is 10.6. The van der Waals surface area contributed by atoms with Gasteiger partial charge in [0.2, 0.25) is 11.8 Å². The molecule has 8 nitrogen and oxygen atoms in total. The summed E-state index contributed by atoms with van der Waals surface area (Å²) in [5.74, 6) is 8.94. The molecular weight excluding hydrogens is 444 g/mol. The Morgan fingerprint density at radius 2 is 0.971 bits per heavy atom. The van der Waals surface area contributed by atoms with Gasteiger partial charge in [0, 0.05) is 12.8 Å². The number of nitrogens with one attached hydrogen (secondary N) is 2. The number of hydrogen-bond acceptors (Lipinski definition) is 5. The Kier molecular flexibility index (Phi) is 14.7. The zero-order valence-electron chi connectivity index (χ0n) is 20.7. The van der Waals surface area contributed by atoms with Crippen molar-refractivity contribution in [1.82, 2.24) is 10.9 Å². The highest BCUT2D eigenvalue weighted by atomic mass is 16.4. The number of carboxylic acids is 1. The summed E-state index contributed by atoms with van der Waals surface area (Å²) in [4.78, 5) is 33.3. The van der Waals surface area contributed by atoms with Crippen LogP contribution in [0, 0.1) is 0 Å². The van der Waals surface area contributed by atoms with Gasteiger partial charge in [0.25, 0.3) is 0 Å². The minimum atomic E-state index is -0.998. The number of carbonyl (C=O) groups excluding carboxylic acids is 2. The molecule has 0 atom stereocenters. The van der Waals surface area contributed by atoms with E-state index >= 15 is 0 Å². The summed E-state index contributed by atoms with van der Waals surface area (Å²) < 4.78 is 0. The van der Waals surface area contributed by atoms with Gasteiger partial charge in [0.05, 0.1) is 0 Å². The molecule has 0 bridgehead atoms. The lowest BCUT2D eigenvalue weighted by Gasteiger charge is -2.25. The molecule has 2 amide bonds. The molecule has 0 aromatic heterocycles. The van der Waals surface area contributed by atoms with Gasteiger partial charge in [0.15, 0.2) is 0 Å². The molecule has 35 heavy (non-hydrogen) atoms. The van der Waals surface area contributed by atoms with E-state index in [1.165, 1.54) is 12.8 Å². The van der Waals surface area contributed by atoms with E-state index in [0.717, 1.165) is 49.7 Å². The van der Waals surface area contributed by atoms with E-state index in [4.69, 9.17) is 11.7 Å². The molecule has 0 aliphatic carbocycles. The first kappa shape index (κ1) is 29.8. The molecule has 7 N–H and O–H groups in total. The molecule has 0 radical (unpaired) electrons. The number of hydrazine groups is 2. The molecule has 0 saturated heterocycles. The third-order valence-corrected chi connectivity index (χ3v) is 6.01. The van der Waals surface area contributed by atoms with E-state index < -0.39 is 11.4 Å². The number of amides is 2. The average molecular weight is 485 g/mol. The maximum atomic E-state index is 11.6. The Morgan fingerprint density at radius 1 is 0.657 bits per heavy atom. The van der Waals surface area contributed by atoms with E-state index in [2.05, 4.69) is 10.9 Å². The lowest BCUT2D eigenvalue weighted by Crippen LogP contribution is -2.33. The smallest absolute Gasteiger partial charge is 0.318 e. The molecule has 0 spiro atoms. The topological polar surface area (TPSA) is 148 Å². The first-order valence-electron chi connectivity index (χ1n) is 12.2. The minimum absolute atomic E-state index is 0.0896. The van der Waals surface area contributed by atoms with Crippen LogP contribution in [0.4, 0.5) is 0 Å². The van der Waals surface area contributed by atoms with Crippen molar-refractivity contribution < 1.29 is 19.5 Å². The molecule has 8 heteroatoms. The highest BCUT2D eigenvalue weighted by molar-refractivity contribution is 5.85. The van der Waals surface area contributed by atoms with E-state index in [1.807, 2.05) is 60.7 Å². The van der Waals surface area contributed by atoms with Crippen LogP contribution < -0.4 is 22.5 Å². The second-order valence-electron chi connectivity index (χ2n) is 8.63. The zero-order chi connectivity index (χ0) is 25.9. The van der Waals surface area contributed by atoms with Crippen LogP contribution in [-0.4, -0.2) is 22.9 Å². The maximum absolute atomic E-state index is 11.6. The number of hydrogen-bond donors (Lipinski definition) is 5. The number of nitrogens with two attached hydrogens (primary N) is 2. The predicted molar refractivity (Wildman–Crippen MR) is 138 cm³/mol. The van der Waals surface area contributed by atoms with Crippen LogP contribution in [0.15, 0.2) is 60.7 Å². The molecule has 2 aromatic rings. The van der Waals surface area contributed by atoms with Gasteiger partial charge < -0.3 is 5.11 Å². The zero-order valence-corrected chi connectivity index (χ0v) is 20.7. The van der Waals surface area contributed by atoms with Crippen LogP contribution in [0.25, 0.3) is 0 Å². The number of carbonyl (C=O) groups is 3. The Balaban J connectivity index is 0.000000350. The fourth-order valence-corrected chi connectivity index (χ4v) is 3.73. The number of benzene rings is 2. The van der Waals surface area contributed by atoms with Gasteiger partial charge in [-0.2, -0.15) is 0 Å². The summed E-state index contributed by atoms with van der Waals surface area (Å²) in [6, 6.07) is 18.6. The molecule has 0 aliphatic rings. The highest BCUT2D eigenvalue weighted by Crippen LogP contribution is 2.31. The van der Waals surface area contributed by atoms with Crippen LogP contribution in [0.1, 0.15) is 82.3 Å². The van der Waals surface area contributed by atoms with E-state index in [0.29, 0.717) is 12.8 Å². The van der Waals surface area contributed by atoms with Crippen LogP contribution in [0.2, 0.25) is 0 Å². The van der Waals surface area contributed by atoms with Crippen LogP contribution >= 0.6 is 0 Å². The summed E-state index contributed by atoms with van der Waals surface area (Å²) in [6.07, 6.45) is 9.67. The Labute approximate surface area is 208 Å². The van der Waals surface area contributed by atoms with Crippen LogP contribution in [0.3, 0.4) is 0 Å². The summed E-state index contributed by atoms with van der Waals surface area (Å²) in [7, 11) is 0. The standard InChI is InChI=1S/C15H14O2.C12H26N4O2/c1-15(14(16)17,12-8-4-2-5-9-12)13-10-6-3-7-11-13;13-15-11(17)9-7-5-3-1-2-4-6-8-10-12(18)16-14/h2-11H,1H3,(H,16,17);1-10,13-14H2,(H,15,17)(H,16,18). The number of carboxylic acid groups (broad SMARTS) is 1. The molecular formula is C27H40N4O4. The average Bonchev–Trinajstić information content (AvgIpc) is 2.90. The van der Waals surface area contributed by atoms with Gasteiger partial charge in [-0.05, 0) is 30.9 Å². The minimum Gasteiger partial charge on any atom is -0.480 e. The van der Waals surface area contributed by atoms with Crippen molar-refractivity contribution >= 4 is 17.8 Å². The first-order chi connectivity index (χ1) is 16.9. The van der Waals surface area contributed by atoms with Crippen molar-refractivity contribution in [1.29, 1.82) is 0 Å². The van der Waals surface area contributed by atoms with Gasteiger partial charge >= 0.3 is 5.97 Å². The number of aliphatic carboxylic acids is 1. The number of rotatable bonds is 14. The monoisotopic (exact) mass is 484 g/mol. The summed E-state index contributed by atoms with van der Waals surface area (Å²) in [5, 5.41) is 9.54. The second kappa shape index (κ2) is 17.2. The summed E-state index contributed by atoms with van der Waals surface area (Å²) in [6.45, 7) is 1.74. The van der Waals surface area contributed by atoms with Gasteiger partial charge in [0.1, 0.15) is 5.41 Å². The van der Waals surface area contributed by atoms with E-state index in [9.17, 15) is 19.5 Å². The van der Waals surface area contributed by atoms with Gasteiger partial charge in [-0.1, -0.05) is 99.2 Å². The summed E-state index contributed by atoms with van der Waals surface area (Å²) >= 11 is 0. The SMILES string of the molecule is CC(C(=O)O)(c1ccccc1)c1ccccc1.NNC(=O)CCCCCCCCCCC(=O)NN. The fraction of sp³-hybridized carbons (Fsp3) is 0.444. The largest absolute Gasteiger partial charge is 0.480 e. The molecule has 0 unspecified atom stereocenters. The highest BCUT2D eigenvalue weighted by Gasteiger charge is 2.36. The molecule has 0 saturated carbocycles. The quantitative estimate of drug-likeness (QED) is 0.119. The van der Waals surface area contributed by atoms with Gasteiger partial charge in [-0.3, -0.25) is 25.2 Å². The van der Waals surface area contributed by atoms with E-state index in [1.54, 1.807) is 6.92 Å². The van der Waals surface area contributed by atoms with Crippen molar-refractivity contribution in [2.75, 3.05) is 0 Å². The lowest BCUT2D eigenvalue weighted by atomic mass is 9.76.